The molecule has 0 aromatic heterocycles. The summed E-state index contributed by atoms with van der Waals surface area (Å²) < 4.78 is 21.0. The second-order valence-corrected chi connectivity index (χ2v) is 4.88. The molecule has 3 N–H and O–H groups in total. The average Bonchev–Trinajstić information content (AvgIpc) is 2.59. The average molecular weight is 359 g/mol. The Morgan fingerprint density at radius 1 is 1.00 bits per heavy atom. The molecular formula is C16H25NO8. The number of hydrogen-bond acceptors (Lipinski definition) is 7. The van der Waals surface area contributed by atoms with E-state index in [4.69, 9.17) is 38.7 Å². The molecule has 0 bridgehead atoms. The Bertz CT molecular complexity index is 524. The van der Waals surface area contributed by atoms with E-state index < -0.39 is 11.9 Å². The van der Waals surface area contributed by atoms with Crippen LogP contribution < -0.4 is 19.5 Å². The summed E-state index contributed by atoms with van der Waals surface area (Å²) in [6.07, 6.45) is 0. The lowest BCUT2D eigenvalue weighted by molar-refractivity contribution is -0.159. The van der Waals surface area contributed by atoms with Crippen LogP contribution in [0.3, 0.4) is 0 Å². The van der Waals surface area contributed by atoms with Crippen molar-refractivity contribution in [1.82, 2.24) is 5.32 Å². The molecule has 0 heterocycles. The van der Waals surface area contributed by atoms with Crippen LogP contribution in [0.4, 0.5) is 0 Å². The van der Waals surface area contributed by atoms with Crippen molar-refractivity contribution in [3.05, 3.63) is 17.7 Å². The Labute approximate surface area is 146 Å². The highest BCUT2D eigenvalue weighted by molar-refractivity contribution is 6.27. The van der Waals surface area contributed by atoms with Crippen molar-refractivity contribution in [2.24, 2.45) is 0 Å². The van der Waals surface area contributed by atoms with E-state index in [-0.39, 0.29) is 6.04 Å². The van der Waals surface area contributed by atoms with Crippen LogP contribution in [0.1, 0.15) is 12.5 Å². The van der Waals surface area contributed by atoms with Crippen LogP contribution in [0, 0.1) is 0 Å². The summed E-state index contributed by atoms with van der Waals surface area (Å²) in [5.74, 6) is -1.71. The minimum atomic E-state index is -1.82. The van der Waals surface area contributed by atoms with Gasteiger partial charge in [-0.3, -0.25) is 0 Å². The highest BCUT2D eigenvalue weighted by Crippen LogP contribution is 2.38. The minimum Gasteiger partial charge on any atom is -0.493 e. The molecule has 0 aliphatic heterocycles. The molecule has 0 spiro atoms. The highest BCUT2D eigenvalue weighted by atomic mass is 16.5. The van der Waals surface area contributed by atoms with Crippen LogP contribution in [0.25, 0.3) is 0 Å². The number of rotatable bonds is 8. The van der Waals surface area contributed by atoms with Crippen molar-refractivity contribution in [1.29, 1.82) is 0 Å². The van der Waals surface area contributed by atoms with Crippen molar-refractivity contribution >= 4 is 11.9 Å². The fourth-order valence-corrected chi connectivity index (χ4v) is 1.84. The SMILES string of the molecule is COCC(C)NCc1cc(OC)c(OC)c(OC)c1.O=C(O)C(=O)O. The van der Waals surface area contributed by atoms with Gasteiger partial charge in [-0.25, -0.2) is 9.59 Å². The molecule has 25 heavy (non-hydrogen) atoms. The Balaban J connectivity index is 0.000000823. The third kappa shape index (κ3) is 8.23. The number of hydrogen-bond donors (Lipinski definition) is 3. The van der Waals surface area contributed by atoms with Gasteiger partial charge < -0.3 is 34.5 Å². The van der Waals surface area contributed by atoms with Gasteiger partial charge in [-0.05, 0) is 24.6 Å². The van der Waals surface area contributed by atoms with Gasteiger partial charge in [0.15, 0.2) is 11.5 Å². The predicted molar refractivity (Wildman–Crippen MR) is 89.5 cm³/mol. The summed E-state index contributed by atoms with van der Waals surface area (Å²) in [6, 6.07) is 4.16. The Hall–Kier alpha value is -2.52. The van der Waals surface area contributed by atoms with Crippen molar-refractivity contribution in [3.8, 4) is 17.2 Å². The van der Waals surface area contributed by atoms with Gasteiger partial charge in [0.25, 0.3) is 0 Å². The van der Waals surface area contributed by atoms with Crippen molar-refractivity contribution in [2.75, 3.05) is 35.0 Å². The van der Waals surface area contributed by atoms with Crippen LogP contribution in [0.2, 0.25) is 0 Å². The van der Waals surface area contributed by atoms with E-state index in [0.29, 0.717) is 30.4 Å². The fraction of sp³-hybridized carbons (Fsp3) is 0.500. The van der Waals surface area contributed by atoms with Crippen LogP contribution in [0.15, 0.2) is 12.1 Å². The Kier molecular flexibility index (Phi) is 10.7. The van der Waals surface area contributed by atoms with E-state index in [1.54, 1.807) is 28.4 Å². The van der Waals surface area contributed by atoms with Gasteiger partial charge >= 0.3 is 11.9 Å². The quantitative estimate of drug-likeness (QED) is 0.583. The summed E-state index contributed by atoms with van der Waals surface area (Å²) in [4.78, 5) is 18.2. The summed E-state index contributed by atoms with van der Waals surface area (Å²) in [5, 5.41) is 18.1. The number of benzene rings is 1. The number of nitrogens with one attached hydrogen (secondary N) is 1. The lowest BCUT2D eigenvalue weighted by Crippen LogP contribution is -2.29. The first-order valence-corrected chi connectivity index (χ1v) is 7.28. The maximum Gasteiger partial charge on any atom is 0.414 e. The molecule has 1 unspecified atom stereocenters. The molecule has 0 aliphatic carbocycles. The largest absolute Gasteiger partial charge is 0.493 e. The van der Waals surface area contributed by atoms with E-state index in [9.17, 15) is 0 Å². The van der Waals surface area contributed by atoms with Gasteiger partial charge in [-0.1, -0.05) is 0 Å². The molecule has 0 saturated heterocycles. The number of aliphatic carboxylic acids is 2. The Morgan fingerprint density at radius 2 is 1.48 bits per heavy atom. The fourth-order valence-electron chi connectivity index (χ4n) is 1.84. The summed E-state index contributed by atoms with van der Waals surface area (Å²) >= 11 is 0. The lowest BCUT2D eigenvalue weighted by atomic mass is 10.1. The van der Waals surface area contributed by atoms with Gasteiger partial charge in [0, 0.05) is 19.7 Å². The number of carboxylic acid groups (broad SMARTS) is 2. The molecule has 1 aromatic rings. The van der Waals surface area contributed by atoms with Gasteiger partial charge in [-0.2, -0.15) is 0 Å². The van der Waals surface area contributed by atoms with E-state index >= 15 is 0 Å². The van der Waals surface area contributed by atoms with E-state index in [1.165, 1.54) is 0 Å². The highest BCUT2D eigenvalue weighted by Gasteiger charge is 2.13. The molecule has 0 saturated carbocycles. The smallest absolute Gasteiger partial charge is 0.414 e. The molecule has 9 heteroatoms. The van der Waals surface area contributed by atoms with Gasteiger partial charge in [0.2, 0.25) is 5.75 Å². The standard InChI is InChI=1S/C14H23NO4.C2H2O4/c1-10(9-16-2)15-8-11-6-12(17-3)14(19-5)13(7-11)18-4;3-1(4)2(5)6/h6-7,10,15H,8-9H2,1-5H3;(H,3,4)(H,5,6). The molecule has 1 atom stereocenters. The van der Waals surface area contributed by atoms with Crippen LogP contribution in [0.5, 0.6) is 17.2 Å². The van der Waals surface area contributed by atoms with Crippen LogP contribution in [-0.2, 0) is 20.9 Å². The maximum absolute atomic E-state index is 9.10. The number of methoxy groups -OCH3 is 4. The van der Waals surface area contributed by atoms with Crippen LogP contribution in [-0.4, -0.2) is 63.2 Å². The van der Waals surface area contributed by atoms with Crippen LogP contribution >= 0.6 is 0 Å². The molecular weight excluding hydrogens is 334 g/mol. The number of carbonyl (C=O) groups is 2. The third-order valence-electron chi connectivity index (χ3n) is 2.98. The summed E-state index contributed by atoms with van der Waals surface area (Å²) in [7, 11) is 6.51. The monoisotopic (exact) mass is 359 g/mol. The zero-order chi connectivity index (χ0) is 19.4. The molecule has 0 radical (unpaired) electrons. The van der Waals surface area contributed by atoms with E-state index in [1.807, 2.05) is 12.1 Å². The molecule has 1 aromatic carbocycles. The van der Waals surface area contributed by atoms with Gasteiger partial charge in [0.05, 0.1) is 27.9 Å². The van der Waals surface area contributed by atoms with Crippen molar-refractivity contribution in [2.45, 2.75) is 19.5 Å². The van der Waals surface area contributed by atoms with E-state index in [0.717, 1.165) is 5.56 Å². The minimum absolute atomic E-state index is 0.282. The van der Waals surface area contributed by atoms with Gasteiger partial charge in [0.1, 0.15) is 0 Å². The zero-order valence-electron chi connectivity index (χ0n) is 15.0. The predicted octanol–water partition coefficient (Wildman–Crippen LogP) is 0.993. The second kappa shape index (κ2) is 11.9. The maximum atomic E-state index is 9.10. The number of ether oxygens (including phenoxy) is 4. The first-order chi connectivity index (χ1) is 11.8. The first kappa shape index (κ1) is 22.5. The lowest BCUT2D eigenvalue weighted by Gasteiger charge is -2.16. The number of carboxylic acids is 2. The third-order valence-corrected chi connectivity index (χ3v) is 2.98. The normalized spacial score (nSPS) is 10.9. The first-order valence-electron chi connectivity index (χ1n) is 7.28. The topological polar surface area (TPSA) is 124 Å². The Morgan fingerprint density at radius 3 is 1.80 bits per heavy atom. The summed E-state index contributed by atoms with van der Waals surface area (Å²) in [6.45, 7) is 3.45. The van der Waals surface area contributed by atoms with Crippen molar-refractivity contribution in [3.63, 3.8) is 0 Å². The van der Waals surface area contributed by atoms with Crippen molar-refractivity contribution < 1.29 is 38.7 Å². The second-order valence-electron chi connectivity index (χ2n) is 4.88. The molecule has 142 valence electrons. The molecule has 0 fully saturated rings. The van der Waals surface area contributed by atoms with E-state index in [2.05, 4.69) is 12.2 Å². The molecule has 9 nitrogen and oxygen atoms in total. The molecule has 1 rings (SSSR count). The molecule has 0 aliphatic rings. The zero-order valence-corrected chi connectivity index (χ0v) is 15.0. The van der Waals surface area contributed by atoms with Gasteiger partial charge in [-0.15, -0.1) is 0 Å². The molecule has 0 amide bonds. The summed E-state index contributed by atoms with van der Waals surface area (Å²) in [5.41, 5.74) is 1.07.